The van der Waals surface area contributed by atoms with E-state index >= 15 is 0 Å². The van der Waals surface area contributed by atoms with Crippen LogP contribution in [-0.2, 0) is 4.74 Å². The number of methoxy groups -OCH3 is 1. The van der Waals surface area contributed by atoms with E-state index in [1.54, 1.807) is 7.11 Å². The number of morpholine rings is 1. The third-order valence-corrected chi connectivity index (χ3v) is 6.46. The minimum Gasteiger partial charge on any atom is -0.493 e. The maximum atomic E-state index is 6.00. The van der Waals surface area contributed by atoms with E-state index < -0.39 is 0 Å². The molecule has 0 N–H and O–H groups in total. The van der Waals surface area contributed by atoms with E-state index in [2.05, 4.69) is 11.8 Å². The standard InChI is InChI=1S/C26H43NO3S/c1-3-4-5-6-7-8-9-10-11-12-13-14-19-30-24-16-15-23(22-25(24)28-2)26(31)27-17-20-29-21-18-27/h15-16,22H,3-14,17-21H2,1-2H3. The lowest BCUT2D eigenvalue weighted by Gasteiger charge is -2.29. The average molecular weight is 450 g/mol. The lowest BCUT2D eigenvalue weighted by atomic mass is 10.1. The molecule has 1 aromatic rings. The Balaban J connectivity index is 1.58. The Morgan fingerprint density at radius 3 is 2.03 bits per heavy atom. The van der Waals surface area contributed by atoms with Gasteiger partial charge in [0.2, 0.25) is 0 Å². The van der Waals surface area contributed by atoms with Gasteiger partial charge >= 0.3 is 0 Å². The molecule has 31 heavy (non-hydrogen) atoms. The van der Waals surface area contributed by atoms with Crippen molar-refractivity contribution in [2.24, 2.45) is 0 Å². The molecule has 1 aliphatic rings. The zero-order valence-electron chi connectivity index (χ0n) is 19.8. The third kappa shape index (κ3) is 10.2. The largest absolute Gasteiger partial charge is 0.493 e. The molecule has 1 aromatic carbocycles. The Kier molecular flexibility index (Phi) is 13.7. The van der Waals surface area contributed by atoms with Crippen LogP contribution >= 0.6 is 12.2 Å². The van der Waals surface area contributed by atoms with Gasteiger partial charge in [-0.25, -0.2) is 0 Å². The van der Waals surface area contributed by atoms with Gasteiger partial charge in [-0.05, 0) is 24.6 Å². The molecule has 0 atom stereocenters. The number of rotatable bonds is 16. The molecule has 0 aromatic heterocycles. The summed E-state index contributed by atoms with van der Waals surface area (Å²) in [5, 5.41) is 0. The van der Waals surface area contributed by atoms with E-state index in [0.717, 1.165) is 61.4 Å². The summed E-state index contributed by atoms with van der Waals surface area (Å²) in [6, 6.07) is 6.02. The van der Waals surface area contributed by atoms with Crippen molar-refractivity contribution in [2.75, 3.05) is 40.0 Å². The summed E-state index contributed by atoms with van der Waals surface area (Å²) in [7, 11) is 1.69. The first-order valence-electron chi connectivity index (χ1n) is 12.4. The average Bonchev–Trinajstić information content (AvgIpc) is 2.82. The second-order valence-corrected chi connectivity index (χ2v) is 8.89. The maximum absolute atomic E-state index is 6.00. The van der Waals surface area contributed by atoms with Crippen LogP contribution in [0.2, 0.25) is 0 Å². The highest BCUT2D eigenvalue weighted by molar-refractivity contribution is 7.80. The van der Waals surface area contributed by atoms with Gasteiger partial charge in [0.1, 0.15) is 4.99 Å². The smallest absolute Gasteiger partial charge is 0.161 e. The van der Waals surface area contributed by atoms with Gasteiger partial charge in [0.25, 0.3) is 0 Å². The summed E-state index contributed by atoms with van der Waals surface area (Å²) >= 11 is 5.66. The first-order chi connectivity index (χ1) is 15.3. The van der Waals surface area contributed by atoms with Gasteiger partial charge in [-0.1, -0.05) is 89.8 Å². The zero-order chi connectivity index (χ0) is 22.2. The molecule has 0 saturated carbocycles. The fourth-order valence-electron chi connectivity index (χ4n) is 3.99. The second kappa shape index (κ2) is 16.3. The summed E-state index contributed by atoms with van der Waals surface area (Å²) < 4.78 is 17.0. The van der Waals surface area contributed by atoms with Crippen molar-refractivity contribution in [3.8, 4) is 11.5 Å². The molecule has 0 bridgehead atoms. The van der Waals surface area contributed by atoms with Gasteiger partial charge in [-0.2, -0.15) is 0 Å². The van der Waals surface area contributed by atoms with E-state index in [1.165, 1.54) is 70.6 Å². The SMILES string of the molecule is CCCCCCCCCCCCCCOc1ccc(C(=S)N2CCOCC2)cc1OC. The van der Waals surface area contributed by atoms with Crippen LogP contribution in [0.25, 0.3) is 0 Å². The van der Waals surface area contributed by atoms with E-state index in [-0.39, 0.29) is 0 Å². The van der Waals surface area contributed by atoms with Gasteiger partial charge in [0, 0.05) is 18.7 Å². The zero-order valence-corrected chi connectivity index (χ0v) is 20.6. The van der Waals surface area contributed by atoms with Crippen molar-refractivity contribution < 1.29 is 14.2 Å². The fourth-order valence-corrected chi connectivity index (χ4v) is 4.30. The van der Waals surface area contributed by atoms with Crippen molar-refractivity contribution in [3.63, 3.8) is 0 Å². The van der Waals surface area contributed by atoms with Gasteiger partial charge in [0.15, 0.2) is 11.5 Å². The molecule has 5 heteroatoms. The number of unbranched alkanes of at least 4 members (excludes halogenated alkanes) is 11. The van der Waals surface area contributed by atoms with Gasteiger partial charge in [-0.3, -0.25) is 0 Å². The highest BCUT2D eigenvalue weighted by atomic mass is 32.1. The maximum Gasteiger partial charge on any atom is 0.161 e. The van der Waals surface area contributed by atoms with Gasteiger partial charge in [0.05, 0.1) is 26.9 Å². The number of ether oxygens (including phenoxy) is 3. The molecule has 0 amide bonds. The number of hydrogen-bond acceptors (Lipinski definition) is 4. The molecule has 0 unspecified atom stereocenters. The van der Waals surface area contributed by atoms with Crippen molar-refractivity contribution >= 4 is 17.2 Å². The summed E-state index contributed by atoms with van der Waals surface area (Å²) in [6.07, 6.45) is 16.2. The highest BCUT2D eigenvalue weighted by Gasteiger charge is 2.17. The molecular weight excluding hydrogens is 406 g/mol. The minimum atomic E-state index is 0.734. The first kappa shape index (κ1) is 25.9. The van der Waals surface area contributed by atoms with E-state index in [1.807, 2.05) is 18.2 Å². The fraction of sp³-hybridized carbons (Fsp3) is 0.731. The Morgan fingerprint density at radius 2 is 1.45 bits per heavy atom. The second-order valence-electron chi connectivity index (χ2n) is 8.51. The van der Waals surface area contributed by atoms with Crippen LogP contribution in [-0.4, -0.2) is 49.9 Å². The number of nitrogens with zero attached hydrogens (tertiary/aromatic N) is 1. The van der Waals surface area contributed by atoms with E-state index in [9.17, 15) is 0 Å². The highest BCUT2D eigenvalue weighted by Crippen LogP contribution is 2.29. The molecule has 2 rings (SSSR count). The third-order valence-electron chi connectivity index (χ3n) is 5.96. The van der Waals surface area contributed by atoms with Crippen LogP contribution in [0.1, 0.15) is 89.5 Å². The summed E-state index contributed by atoms with van der Waals surface area (Å²) in [4.78, 5) is 3.05. The molecule has 1 fully saturated rings. The summed E-state index contributed by atoms with van der Waals surface area (Å²) in [6.45, 7) is 6.17. The lowest BCUT2D eigenvalue weighted by molar-refractivity contribution is 0.0693. The molecule has 0 radical (unpaired) electrons. The van der Waals surface area contributed by atoms with E-state index in [0.29, 0.717) is 0 Å². The van der Waals surface area contributed by atoms with Gasteiger partial charge < -0.3 is 19.1 Å². The number of thiocarbonyl (C=S) groups is 1. The summed E-state index contributed by atoms with van der Waals surface area (Å²) in [5.41, 5.74) is 1.01. The van der Waals surface area contributed by atoms with Crippen LogP contribution in [0, 0.1) is 0 Å². The molecule has 0 spiro atoms. The topological polar surface area (TPSA) is 30.9 Å². The van der Waals surface area contributed by atoms with Crippen molar-refractivity contribution in [3.05, 3.63) is 23.8 Å². The van der Waals surface area contributed by atoms with Crippen LogP contribution in [0.5, 0.6) is 11.5 Å². The van der Waals surface area contributed by atoms with Crippen molar-refractivity contribution in [1.29, 1.82) is 0 Å². The Labute approximate surface area is 195 Å². The van der Waals surface area contributed by atoms with Gasteiger partial charge in [-0.15, -0.1) is 0 Å². The van der Waals surface area contributed by atoms with Crippen LogP contribution < -0.4 is 9.47 Å². The lowest BCUT2D eigenvalue weighted by Crippen LogP contribution is -2.40. The molecule has 4 nitrogen and oxygen atoms in total. The van der Waals surface area contributed by atoms with Crippen molar-refractivity contribution in [2.45, 2.75) is 84.0 Å². The number of hydrogen-bond donors (Lipinski definition) is 0. The first-order valence-corrected chi connectivity index (χ1v) is 12.8. The molecule has 0 aliphatic carbocycles. The Morgan fingerprint density at radius 1 is 0.871 bits per heavy atom. The molecule has 1 heterocycles. The Hall–Kier alpha value is -1.33. The minimum absolute atomic E-state index is 0.734. The molecule has 1 aliphatic heterocycles. The monoisotopic (exact) mass is 449 g/mol. The molecule has 176 valence electrons. The Bertz CT molecular complexity index is 617. The molecular formula is C26H43NO3S. The normalized spacial score (nSPS) is 13.9. The number of benzene rings is 1. The quantitative estimate of drug-likeness (QED) is 0.205. The summed E-state index contributed by atoms with van der Waals surface area (Å²) in [5.74, 6) is 1.56. The predicted molar refractivity (Wildman–Crippen MR) is 134 cm³/mol. The van der Waals surface area contributed by atoms with Crippen molar-refractivity contribution in [1.82, 2.24) is 4.90 Å². The molecule has 1 saturated heterocycles. The predicted octanol–water partition coefficient (Wildman–Crippen LogP) is 6.78. The van der Waals surface area contributed by atoms with E-state index in [4.69, 9.17) is 26.4 Å². The van der Waals surface area contributed by atoms with Crippen LogP contribution in [0.15, 0.2) is 18.2 Å². The van der Waals surface area contributed by atoms with Crippen LogP contribution in [0.3, 0.4) is 0 Å². The van der Waals surface area contributed by atoms with Crippen LogP contribution in [0.4, 0.5) is 0 Å².